The van der Waals surface area contributed by atoms with E-state index in [2.05, 4.69) is 371 Å². The second-order valence-electron chi connectivity index (χ2n) is 24.6. The monoisotopic (exact) mass is 1210 g/mol. The Morgan fingerprint density at radius 1 is 0.315 bits per heavy atom. The fraction of sp³-hybridized carbons (Fsp3) is 0.0843. The molecule has 1 aliphatic carbocycles. The quantitative estimate of drug-likeness (QED) is 0.171. The highest BCUT2D eigenvalue weighted by molar-refractivity contribution is 9.10. The molecule has 0 bridgehead atoms. The zero-order valence-electron chi connectivity index (χ0n) is 50.2. The van der Waals surface area contributed by atoms with Gasteiger partial charge in [-0.15, -0.1) is 0 Å². The molecule has 3 aliphatic rings. The smallest absolute Gasteiger partial charge is 0.0788 e. The van der Waals surface area contributed by atoms with E-state index in [1.54, 1.807) is 0 Å². The summed E-state index contributed by atoms with van der Waals surface area (Å²) >= 11 is 3.53. The number of rotatable bonds is 5. The first-order valence-corrected chi connectivity index (χ1v) is 31.6. The summed E-state index contributed by atoms with van der Waals surface area (Å²) in [5.74, 6) is 0. The summed E-state index contributed by atoms with van der Waals surface area (Å²) in [6.07, 6.45) is 5.40. The predicted molar refractivity (Wildman–Crippen MR) is 377 cm³/mol. The maximum Gasteiger partial charge on any atom is 0.0788 e. The molecule has 5 nitrogen and oxygen atoms in total. The Balaban J connectivity index is 0.000000119. The van der Waals surface area contributed by atoms with Crippen molar-refractivity contribution in [1.82, 2.24) is 13.7 Å². The van der Waals surface area contributed by atoms with Crippen molar-refractivity contribution in [2.45, 2.75) is 44.9 Å². The lowest BCUT2D eigenvalue weighted by Gasteiger charge is -2.42. The molecule has 0 N–H and O–H groups in total. The maximum atomic E-state index is 3.53. The van der Waals surface area contributed by atoms with Gasteiger partial charge >= 0.3 is 0 Å². The zero-order chi connectivity index (χ0) is 60.0. The maximum absolute atomic E-state index is 3.53. The Morgan fingerprint density at radius 2 is 0.742 bits per heavy atom. The summed E-state index contributed by atoms with van der Waals surface area (Å²) in [6, 6.07) is 105. The van der Waals surface area contributed by atoms with E-state index in [0.717, 1.165) is 28.0 Å². The van der Waals surface area contributed by atoms with Crippen molar-refractivity contribution in [3.63, 3.8) is 0 Å². The summed E-state index contributed by atoms with van der Waals surface area (Å²) in [4.78, 5) is 4.78. The molecule has 0 unspecified atom stereocenters. The van der Waals surface area contributed by atoms with Crippen LogP contribution in [0.4, 0.5) is 34.1 Å². The second-order valence-corrected chi connectivity index (χ2v) is 25.6. The lowest BCUT2D eigenvalue weighted by Crippen LogP contribution is -2.30. The Morgan fingerprint density at radius 3 is 1.29 bits per heavy atom. The van der Waals surface area contributed by atoms with Crippen molar-refractivity contribution in [3.8, 4) is 28.2 Å². The third kappa shape index (κ3) is 8.87. The standard InChI is InChI=1S/C41H31N3.C21H18BrN.C21H15N/c1-41(2)34-15-7-10-18-37(34)43(38-19-11-8-16-35(38)41)30-21-23-31(24-22-30)44-36-17-9-6-14-32(36)33-25-20-28-26-27-42(39(28)40(33)44)29-12-4-3-5-13-29;1-21(2)17-7-3-5-9-19(17)23(16-13-11-15(22)12-14-16)20-10-6-4-8-18(20)21;1-2-7-17(8-3-1)22-13-12-15-10-11-19-18-9-5-4-6-16(18)14-20(19)21(15)22/h3-27H,1-2H3;3-14H,1-2H3;1-13H,14H2. The van der Waals surface area contributed by atoms with Gasteiger partial charge in [-0.25, -0.2) is 0 Å². The van der Waals surface area contributed by atoms with Crippen molar-refractivity contribution in [2.75, 3.05) is 9.80 Å². The molecule has 89 heavy (non-hydrogen) atoms. The van der Waals surface area contributed by atoms with Gasteiger partial charge in [0.2, 0.25) is 0 Å². The largest absolute Gasteiger partial charge is 0.316 e. The van der Waals surface area contributed by atoms with Crippen molar-refractivity contribution in [3.05, 3.63) is 341 Å². The molecule has 12 aromatic carbocycles. The Labute approximate surface area is 528 Å². The Bertz CT molecular complexity index is 5080. The third-order valence-corrected chi connectivity index (χ3v) is 19.4. The van der Waals surface area contributed by atoms with Gasteiger partial charge in [-0.2, -0.15) is 0 Å². The number of benzene rings is 12. The molecule has 428 valence electrons. The van der Waals surface area contributed by atoms with E-state index in [0.29, 0.717) is 0 Å². The molecule has 0 fully saturated rings. The van der Waals surface area contributed by atoms with Crippen LogP contribution in [0.25, 0.3) is 71.8 Å². The van der Waals surface area contributed by atoms with E-state index in [-0.39, 0.29) is 10.8 Å². The minimum Gasteiger partial charge on any atom is -0.316 e. The van der Waals surface area contributed by atoms with E-state index in [4.69, 9.17) is 0 Å². The number of aromatic nitrogens is 3. The number of nitrogens with zero attached hydrogens (tertiary/aromatic N) is 5. The molecule has 0 atom stereocenters. The minimum absolute atomic E-state index is 0.000942. The molecule has 3 aromatic heterocycles. The van der Waals surface area contributed by atoms with E-state index in [1.165, 1.54) is 122 Å². The topological polar surface area (TPSA) is 21.3 Å². The molecule has 2 aliphatic heterocycles. The number of hydrogen-bond acceptors (Lipinski definition) is 2. The second kappa shape index (κ2) is 21.5. The third-order valence-electron chi connectivity index (χ3n) is 18.9. The normalized spacial score (nSPS) is 13.8. The van der Waals surface area contributed by atoms with Gasteiger partial charge in [0.1, 0.15) is 0 Å². The van der Waals surface area contributed by atoms with Crippen LogP contribution >= 0.6 is 15.9 Å². The highest BCUT2D eigenvalue weighted by atomic mass is 79.9. The molecule has 5 heterocycles. The van der Waals surface area contributed by atoms with Crippen LogP contribution < -0.4 is 9.80 Å². The molecule has 0 saturated heterocycles. The highest BCUT2D eigenvalue weighted by Crippen LogP contribution is 2.54. The highest BCUT2D eigenvalue weighted by Gasteiger charge is 2.38. The number of para-hydroxylation sites is 7. The van der Waals surface area contributed by atoms with Gasteiger partial charge in [0.05, 0.1) is 44.8 Å². The molecule has 0 radical (unpaired) electrons. The SMILES string of the molecule is CC1(C)c2ccccc2N(c2ccc(-n3c4ccccc4c4ccc5ccn(-c6ccccc6)c5c43)cc2)c2ccccc21.CC1(C)c2ccccc2N(c2ccc(Br)cc2)c2ccccc21.c1ccc(-n2ccc3ccc4c(c32)Cc2ccccc2-4)cc1. The molecule has 0 spiro atoms. The fourth-order valence-electron chi connectivity index (χ4n) is 14.6. The Hall–Kier alpha value is -10.4. The van der Waals surface area contributed by atoms with Crippen LogP contribution in [-0.2, 0) is 17.3 Å². The van der Waals surface area contributed by atoms with Crippen molar-refractivity contribution in [1.29, 1.82) is 0 Å². The summed E-state index contributed by atoms with van der Waals surface area (Å²) in [5, 5.41) is 5.06. The number of fused-ring (bicyclic) bond motifs is 14. The summed E-state index contributed by atoms with van der Waals surface area (Å²) < 4.78 is 8.18. The molecule has 18 rings (SSSR count). The van der Waals surface area contributed by atoms with Gasteiger partial charge in [0, 0.05) is 84.1 Å². The summed E-state index contributed by atoms with van der Waals surface area (Å²) in [6.45, 7) is 9.28. The summed E-state index contributed by atoms with van der Waals surface area (Å²) in [5.41, 5.74) is 26.9. The van der Waals surface area contributed by atoms with E-state index >= 15 is 0 Å². The van der Waals surface area contributed by atoms with Crippen molar-refractivity contribution in [2.24, 2.45) is 0 Å². The van der Waals surface area contributed by atoms with Gasteiger partial charge in [0.15, 0.2) is 0 Å². The minimum atomic E-state index is -0.0777. The number of anilines is 6. The van der Waals surface area contributed by atoms with Crippen molar-refractivity contribution >= 4 is 93.7 Å². The van der Waals surface area contributed by atoms with E-state index < -0.39 is 0 Å². The van der Waals surface area contributed by atoms with Gasteiger partial charge in [-0.3, -0.25) is 0 Å². The van der Waals surface area contributed by atoms with Crippen LogP contribution in [0.3, 0.4) is 0 Å². The first-order valence-electron chi connectivity index (χ1n) is 30.8. The average Bonchev–Trinajstić information content (AvgIpc) is 1.94. The predicted octanol–water partition coefficient (Wildman–Crippen LogP) is 22.6. The van der Waals surface area contributed by atoms with E-state index in [9.17, 15) is 0 Å². The molecular weight excluding hydrogens is 1150 g/mol. The average molecular weight is 1210 g/mol. The number of hydrogen-bond donors (Lipinski definition) is 0. The molecule has 15 aromatic rings. The van der Waals surface area contributed by atoms with Crippen LogP contribution in [0.1, 0.15) is 61.1 Å². The van der Waals surface area contributed by atoms with Crippen molar-refractivity contribution < 1.29 is 0 Å². The van der Waals surface area contributed by atoms with Crippen LogP contribution in [-0.4, -0.2) is 13.7 Å². The van der Waals surface area contributed by atoms with Gasteiger partial charge in [-0.1, -0.05) is 220 Å². The first-order chi connectivity index (χ1) is 43.6. The molecule has 0 amide bonds. The lowest BCUT2D eigenvalue weighted by molar-refractivity contribution is 0.632. The van der Waals surface area contributed by atoms with Crippen LogP contribution in [0, 0.1) is 0 Å². The molecule has 6 heteroatoms. The van der Waals surface area contributed by atoms with Crippen LogP contribution in [0.2, 0.25) is 0 Å². The van der Waals surface area contributed by atoms with Gasteiger partial charge in [-0.05, 0) is 160 Å². The fourth-order valence-corrected chi connectivity index (χ4v) is 14.9. The first kappa shape index (κ1) is 54.0. The number of halogens is 1. The van der Waals surface area contributed by atoms with E-state index in [1.807, 2.05) is 0 Å². The summed E-state index contributed by atoms with van der Waals surface area (Å²) in [7, 11) is 0. The lowest BCUT2D eigenvalue weighted by atomic mass is 9.73. The van der Waals surface area contributed by atoms with Crippen LogP contribution in [0.15, 0.2) is 308 Å². The van der Waals surface area contributed by atoms with Crippen LogP contribution in [0.5, 0.6) is 0 Å². The van der Waals surface area contributed by atoms with Gasteiger partial charge < -0.3 is 23.5 Å². The zero-order valence-corrected chi connectivity index (χ0v) is 51.8. The molecule has 0 saturated carbocycles. The molecular formula is C83H64BrN5. The Kier molecular flexibility index (Phi) is 13.0. The van der Waals surface area contributed by atoms with Gasteiger partial charge in [0.25, 0.3) is 0 Å².